The molecule has 0 fully saturated rings. The zero-order valence-electron chi connectivity index (χ0n) is 15.8. The molecule has 1 amide bonds. The molecule has 1 N–H and O–H groups in total. The molecule has 2 aromatic carbocycles. The predicted molar refractivity (Wildman–Crippen MR) is 107 cm³/mol. The van der Waals surface area contributed by atoms with Gasteiger partial charge in [0.15, 0.2) is 0 Å². The molecule has 0 aliphatic heterocycles. The van der Waals surface area contributed by atoms with Crippen LogP contribution >= 0.6 is 0 Å². The fourth-order valence-corrected chi connectivity index (χ4v) is 3.36. The van der Waals surface area contributed by atoms with Crippen molar-refractivity contribution in [2.24, 2.45) is 0 Å². The van der Waals surface area contributed by atoms with E-state index in [1.807, 2.05) is 60.7 Å². The molecule has 0 bridgehead atoms. The van der Waals surface area contributed by atoms with E-state index in [2.05, 4.69) is 10.3 Å². The van der Waals surface area contributed by atoms with Gasteiger partial charge in [-0.05, 0) is 23.3 Å². The number of aromatic nitrogens is 2. The molecule has 30 heavy (non-hydrogen) atoms. The molecule has 2 heterocycles. The number of benzene rings is 2. The first kappa shape index (κ1) is 19.7. The lowest BCUT2D eigenvalue weighted by atomic mass is 9.90. The summed E-state index contributed by atoms with van der Waals surface area (Å²) < 4.78 is 40.0. The summed E-state index contributed by atoms with van der Waals surface area (Å²) in [6.07, 6.45) is -1.94. The average Bonchev–Trinajstić information content (AvgIpc) is 3.16. The first-order chi connectivity index (χ1) is 14.4. The molecule has 7 heteroatoms. The number of hydrogen-bond acceptors (Lipinski definition) is 2. The van der Waals surface area contributed by atoms with Crippen LogP contribution in [0.3, 0.4) is 0 Å². The van der Waals surface area contributed by atoms with Gasteiger partial charge in [-0.15, -0.1) is 0 Å². The summed E-state index contributed by atoms with van der Waals surface area (Å²) in [6, 6.07) is 21.1. The lowest BCUT2D eigenvalue weighted by Crippen LogP contribution is -2.29. The van der Waals surface area contributed by atoms with Crippen molar-refractivity contribution in [3.05, 3.63) is 108 Å². The number of amides is 1. The number of halogens is 3. The zero-order chi connectivity index (χ0) is 21.1. The molecule has 4 rings (SSSR count). The Balaban J connectivity index is 1.55. The normalized spacial score (nSPS) is 11.7. The summed E-state index contributed by atoms with van der Waals surface area (Å²) in [7, 11) is 0. The molecule has 2 aromatic heterocycles. The van der Waals surface area contributed by atoms with Gasteiger partial charge in [-0.1, -0.05) is 60.7 Å². The molecule has 0 saturated heterocycles. The molecule has 0 radical (unpaired) electrons. The third kappa shape index (κ3) is 4.20. The van der Waals surface area contributed by atoms with Crippen molar-refractivity contribution in [1.29, 1.82) is 0 Å². The van der Waals surface area contributed by atoms with Crippen LogP contribution in [-0.2, 0) is 17.5 Å². The largest absolute Gasteiger partial charge is 0.417 e. The van der Waals surface area contributed by atoms with Crippen molar-refractivity contribution in [1.82, 2.24) is 14.7 Å². The lowest BCUT2D eigenvalue weighted by Gasteiger charge is -2.17. The molecule has 0 aliphatic rings. The molecular weight excluding hydrogens is 391 g/mol. The van der Waals surface area contributed by atoms with E-state index in [1.165, 1.54) is 16.7 Å². The van der Waals surface area contributed by atoms with E-state index in [4.69, 9.17) is 0 Å². The maximum atomic E-state index is 13.0. The van der Waals surface area contributed by atoms with Gasteiger partial charge in [0.1, 0.15) is 5.65 Å². The first-order valence-corrected chi connectivity index (χ1v) is 9.34. The monoisotopic (exact) mass is 409 g/mol. The van der Waals surface area contributed by atoms with Crippen LogP contribution in [0.5, 0.6) is 0 Å². The fourth-order valence-electron chi connectivity index (χ4n) is 3.36. The zero-order valence-corrected chi connectivity index (χ0v) is 15.8. The summed E-state index contributed by atoms with van der Waals surface area (Å²) in [6.45, 7) is 0.109. The SMILES string of the molecule is O=C(NCc1cn2cc(C(F)(F)F)ccc2n1)C(c1ccccc1)c1ccccc1. The van der Waals surface area contributed by atoms with Gasteiger partial charge in [-0.3, -0.25) is 4.79 Å². The highest BCUT2D eigenvalue weighted by Gasteiger charge is 2.31. The summed E-state index contributed by atoms with van der Waals surface area (Å²) in [5.74, 6) is -0.707. The topological polar surface area (TPSA) is 46.4 Å². The van der Waals surface area contributed by atoms with E-state index < -0.39 is 17.7 Å². The van der Waals surface area contributed by atoms with Crippen LogP contribution in [0.1, 0.15) is 28.3 Å². The number of alkyl halides is 3. The maximum absolute atomic E-state index is 13.0. The van der Waals surface area contributed by atoms with Crippen LogP contribution in [0.25, 0.3) is 5.65 Å². The maximum Gasteiger partial charge on any atom is 0.417 e. The third-order valence-corrected chi connectivity index (χ3v) is 4.80. The number of nitrogens with zero attached hydrogens (tertiary/aromatic N) is 2. The van der Waals surface area contributed by atoms with E-state index in [-0.39, 0.29) is 12.5 Å². The number of hydrogen-bond donors (Lipinski definition) is 1. The Bertz CT molecular complexity index is 1120. The number of rotatable bonds is 5. The number of carbonyl (C=O) groups is 1. The van der Waals surface area contributed by atoms with Crippen LogP contribution in [0.4, 0.5) is 13.2 Å². The summed E-state index contributed by atoms with van der Waals surface area (Å²) in [4.78, 5) is 17.3. The Morgan fingerprint density at radius 1 is 0.900 bits per heavy atom. The Morgan fingerprint density at radius 2 is 1.50 bits per heavy atom. The summed E-state index contributed by atoms with van der Waals surface area (Å²) in [5, 5.41) is 2.86. The van der Waals surface area contributed by atoms with Crippen molar-refractivity contribution in [3.63, 3.8) is 0 Å². The quantitative estimate of drug-likeness (QED) is 0.515. The smallest absolute Gasteiger partial charge is 0.350 e. The Hall–Kier alpha value is -3.61. The van der Waals surface area contributed by atoms with E-state index in [0.29, 0.717) is 11.3 Å². The van der Waals surface area contributed by atoms with Gasteiger partial charge in [0.25, 0.3) is 0 Å². The minimum absolute atomic E-state index is 0.109. The molecule has 4 nitrogen and oxygen atoms in total. The van der Waals surface area contributed by atoms with Crippen LogP contribution in [0, 0.1) is 0 Å². The fraction of sp³-hybridized carbons (Fsp3) is 0.130. The molecule has 152 valence electrons. The molecule has 0 atom stereocenters. The van der Waals surface area contributed by atoms with Gasteiger partial charge in [0.2, 0.25) is 5.91 Å². The minimum atomic E-state index is -4.43. The van der Waals surface area contributed by atoms with Gasteiger partial charge in [0.05, 0.1) is 23.7 Å². The predicted octanol–water partition coefficient (Wildman–Crippen LogP) is 4.80. The van der Waals surface area contributed by atoms with Crippen LogP contribution in [-0.4, -0.2) is 15.3 Å². The van der Waals surface area contributed by atoms with Crippen molar-refractivity contribution >= 4 is 11.6 Å². The Morgan fingerprint density at radius 3 is 2.07 bits per heavy atom. The lowest BCUT2D eigenvalue weighted by molar-refractivity contribution is -0.137. The third-order valence-electron chi connectivity index (χ3n) is 4.80. The van der Waals surface area contributed by atoms with Crippen molar-refractivity contribution in [3.8, 4) is 0 Å². The second-order valence-corrected chi connectivity index (χ2v) is 6.89. The van der Waals surface area contributed by atoms with Crippen molar-refractivity contribution < 1.29 is 18.0 Å². The van der Waals surface area contributed by atoms with E-state index >= 15 is 0 Å². The number of imidazole rings is 1. The molecule has 0 unspecified atom stereocenters. The summed E-state index contributed by atoms with van der Waals surface area (Å²) >= 11 is 0. The second kappa shape index (κ2) is 8.02. The average molecular weight is 409 g/mol. The highest BCUT2D eigenvalue weighted by molar-refractivity contribution is 5.87. The van der Waals surface area contributed by atoms with Gasteiger partial charge in [0, 0.05) is 12.4 Å². The summed E-state index contributed by atoms with van der Waals surface area (Å²) in [5.41, 5.74) is 1.81. The van der Waals surface area contributed by atoms with Gasteiger partial charge in [-0.25, -0.2) is 4.98 Å². The minimum Gasteiger partial charge on any atom is -0.350 e. The highest BCUT2D eigenvalue weighted by Crippen LogP contribution is 2.29. The van der Waals surface area contributed by atoms with E-state index in [1.54, 1.807) is 0 Å². The number of fused-ring (bicyclic) bond motifs is 1. The highest BCUT2D eigenvalue weighted by atomic mass is 19.4. The molecule has 0 aliphatic carbocycles. The van der Waals surface area contributed by atoms with Gasteiger partial charge >= 0.3 is 6.18 Å². The number of nitrogens with one attached hydrogen (secondary N) is 1. The standard InChI is InChI=1S/C23H18F3N3O/c24-23(25,26)18-11-12-20-28-19(15-29(20)14-18)13-27-22(30)21(16-7-3-1-4-8-16)17-9-5-2-6-10-17/h1-12,14-15,21H,13H2,(H,27,30). The Kier molecular flexibility index (Phi) is 5.27. The molecule has 4 aromatic rings. The van der Waals surface area contributed by atoms with Gasteiger partial charge in [-0.2, -0.15) is 13.2 Å². The Labute approximate surface area is 171 Å². The van der Waals surface area contributed by atoms with Gasteiger partial charge < -0.3 is 9.72 Å². The van der Waals surface area contributed by atoms with Crippen LogP contribution < -0.4 is 5.32 Å². The first-order valence-electron chi connectivity index (χ1n) is 9.34. The van der Waals surface area contributed by atoms with Crippen molar-refractivity contribution in [2.75, 3.05) is 0 Å². The molecular formula is C23H18F3N3O. The van der Waals surface area contributed by atoms with Crippen LogP contribution in [0.15, 0.2) is 85.2 Å². The molecule has 0 saturated carbocycles. The van der Waals surface area contributed by atoms with E-state index in [0.717, 1.165) is 23.4 Å². The van der Waals surface area contributed by atoms with Crippen LogP contribution in [0.2, 0.25) is 0 Å². The molecule has 0 spiro atoms. The number of pyridine rings is 1. The van der Waals surface area contributed by atoms with E-state index in [9.17, 15) is 18.0 Å². The van der Waals surface area contributed by atoms with Crippen molar-refractivity contribution in [2.45, 2.75) is 18.6 Å². The second-order valence-electron chi connectivity index (χ2n) is 6.89. The number of carbonyl (C=O) groups excluding carboxylic acids is 1.